The molecule has 226 valence electrons. The topological polar surface area (TPSA) is 201 Å². The highest BCUT2D eigenvalue weighted by Gasteiger charge is 2.20. The van der Waals surface area contributed by atoms with Gasteiger partial charge in [0.2, 0.25) is 0 Å². The average molecular weight is 622 g/mol. The van der Waals surface area contributed by atoms with E-state index >= 15 is 0 Å². The Balaban J connectivity index is 0.000000467. The maximum Gasteiger partial charge on any atom is 0.333 e. The van der Waals surface area contributed by atoms with E-state index in [1.54, 1.807) is 6.07 Å². The number of hydrogen-bond donors (Lipinski definition) is 6. The van der Waals surface area contributed by atoms with Crippen molar-refractivity contribution in [1.29, 1.82) is 0 Å². The third-order valence-electron chi connectivity index (χ3n) is 6.01. The number of β-amino-alcohol motifs (C(OH)–C–C–N with tert-alkyl or cyclic N) is 1. The summed E-state index contributed by atoms with van der Waals surface area (Å²) in [6.07, 6.45) is -1.01. The van der Waals surface area contributed by atoms with E-state index in [4.69, 9.17) is 32.0 Å². The number of carboxylic acids is 2. The zero-order chi connectivity index (χ0) is 30.8. The molecule has 1 aromatic carbocycles. The van der Waals surface area contributed by atoms with Gasteiger partial charge in [-0.3, -0.25) is 14.5 Å². The fraction of sp³-hybridized carbons (Fsp3) is 0.385. The van der Waals surface area contributed by atoms with Crippen LogP contribution in [0.5, 0.6) is 0 Å². The molecule has 1 saturated heterocycles. The molecule has 16 heteroatoms. The van der Waals surface area contributed by atoms with Gasteiger partial charge in [0.05, 0.1) is 29.9 Å². The fourth-order valence-electron chi connectivity index (χ4n) is 3.88. The van der Waals surface area contributed by atoms with Crippen molar-refractivity contribution >= 4 is 63.2 Å². The summed E-state index contributed by atoms with van der Waals surface area (Å²) in [4.78, 5) is 50.4. The summed E-state index contributed by atoms with van der Waals surface area (Å²) < 4.78 is 0. The maximum absolute atomic E-state index is 12.7. The Morgan fingerprint density at radius 2 is 1.83 bits per heavy atom. The number of rotatable bonds is 10. The van der Waals surface area contributed by atoms with Crippen molar-refractivity contribution in [1.82, 2.24) is 19.9 Å². The molecular formula is C26H32ClN7O7S. The van der Waals surface area contributed by atoms with Gasteiger partial charge in [-0.2, -0.15) is 0 Å². The van der Waals surface area contributed by atoms with E-state index in [2.05, 4.69) is 35.4 Å². The third-order valence-corrected chi connectivity index (χ3v) is 7.24. The van der Waals surface area contributed by atoms with Crippen LogP contribution in [-0.4, -0.2) is 104 Å². The van der Waals surface area contributed by atoms with Crippen molar-refractivity contribution in [3.8, 4) is 0 Å². The number of aliphatic hydroxyl groups excluding tert-OH is 2. The van der Waals surface area contributed by atoms with Crippen LogP contribution in [0.1, 0.15) is 27.5 Å². The highest BCUT2D eigenvalue weighted by molar-refractivity contribution is 7.17. The summed E-state index contributed by atoms with van der Waals surface area (Å²) in [5.41, 5.74) is 1.49. The summed E-state index contributed by atoms with van der Waals surface area (Å²) in [5.74, 6) is -0.994. The second-order valence-corrected chi connectivity index (χ2v) is 10.6. The van der Waals surface area contributed by atoms with Gasteiger partial charge in [-0.05, 0) is 25.5 Å². The molecule has 4 rings (SSSR count). The van der Waals surface area contributed by atoms with Gasteiger partial charge >= 0.3 is 11.9 Å². The van der Waals surface area contributed by atoms with Crippen LogP contribution < -0.4 is 15.5 Å². The second-order valence-electron chi connectivity index (χ2n) is 9.20. The van der Waals surface area contributed by atoms with Crippen LogP contribution in [0.15, 0.2) is 30.5 Å². The molecule has 1 aliphatic heterocycles. The lowest BCUT2D eigenvalue weighted by molar-refractivity contribution is -0.152. The highest BCUT2D eigenvalue weighted by atomic mass is 35.5. The van der Waals surface area contributed by atoms with E-state index in [1.165, 1.54) is 17.5 Å². The lowest BCUT2D eigenvalue weighted by Gasteiger charge is -2.35. The van der Waals surface area contributed by atoms with Crippen LogP contribution in [0.4, 0.5) is 22.5 Å². The minimum atomic E-state index is -1.79. The van der Waals surface area contributed by atoms with Crippen LogP contribution in [0.25, 0.3) is 0 Å². The van der Waals surface area contributed by atoms with Gasteiger partial charge < -0.3 is 36.0 Å². The van der Waals surface area contributed by atoms with E-state index in [0.717, 1.165) is 37.6 Å². The molecule has 14 nitrogen and oxygen atoms in total. The van der Waals surface area contributed by atoms with Crippen LogP contribution >= 0.6 is 22.9 Å². The molecule has 0 spiro atoms. The molecule has 1 amide bonds. The first-order valence-corrected chi connectivity index (χ1v) is 14.0. The molecule has 42 heavy (non-hydrogen) atoms. The molecule has 1 unspecified atom stereocenters. The molecule has 1 atom stereocenters. The number of aliphatic carboxylic acids is 2. The van der Waals surface area contributed by atoms with Gasteiger partial charge in [-0.1, -0.05) is 35.1 Å². The van der Waals surface area contributed by atoms with E-state index in [9.17, 15) is 14.4 Å². The number of hydrogen-bond acceptors (Lipinski definition) is 12. The largest absolute Gasteiger partial charge is 0.481 e. The summed E-state index contributed by atoms with van der Waals surface area (Å²) in [7, 11) is 0. The van der Waals surface area contributed by atoms with Crippen LogP contribution in [0, 0.1) is 13.8 Å². The van der Waals surface area contributed by atoms with Crippen molar-refractivity contribution in [2.24, 2.45) is 0 Å². The summed E-state index contributed by atoms with van der Waals surface area (Å²) in [6.45, 7) is 8.03. The number of para-hydroxylation sites is 1. The van der Waals surface area contributed by atoms with Crippen molar-refractivity contribution in [2.45, 2.75) is 26.4 Å². The number of anilines is 4. The maximum atomic E-state index is 12.7. The van der Waals surface area contributed by atoms with Gasteiger partial charge in [-0.25, -0.2) is 19.7 Å². The molecule has 0 radical (unpaired) electrons. The molecule has 1 aliphatic rings. The first kappa shape index (κ1) is 32.6. The number of amides is 1. The number of thiazole rings is 1. The van der Waals surface area contributed by atoms with Gasteiger partial charge in [0.15, 0.2) is 11.2 Å². The number of aryl methyl sites for hydroxylation is 2. The lowest BCUT2D eigenvalue weighted by Crippen LogP contribution is -2.47. The Kier molecular flexibility index (Phi) is 11.9. The fourth-order valence-corrected chi connectivity index (χ4v) is 4.87. The number of carbonyl (C=O) groups is 3. The number of aromatic nitrogens is 3. The zero-order valence-corrected chi connectivity index (χ0v) is 24.5. The van der Waals surface area contributed by atoms with Crippen molar-refractivity contribution in [3.05, 3.63) is 51.7 Å². The predicted molar refractivity (Wildman–Crippen MR) is 158 cm³/mol. The minimum Gasteiger partial charge on any atom is -0.481 e. The monoisotopic (exact) mass is 621 g/mol. The van der Waals surface area contributed by atoms with E-state index in [-0.39, 0.29) is 12.5 Å². The second kappa shape index (κ2) is 15.4. The standard InChI is InChI=1S/C22H26ClN7O2S.C4H6O5/c1-14-4-3-5-16(23)20(14)28-21(32)17-13-24-22(33-17)27-18-12-19(26-15(2)25-18)30-8-6-29(7-9-30)10-11-31;5-2(4(8)9)1-3(6)7/h3-5,12-13,31H,6-11H2,1-2H3,(H,28,32)(H,24,25,26,27);2,5H,1H2,(H,6,7)(H,8,9). The van der Waals surface area contributed by atoms with Crippen molar-refractivity contribution in [3.63, 3.8) is 0 Å². The van der Waals surface area contributed by atoms with Crippen LogP contribution in [0.3, 0.4) is 0 Å². The Morgan fingerprint density at radius 3 is 2.43 bits per heavy atom. The lowest BCUT2D eigenvalue weighted by atomic mass is 10.2. The van der Waals surface area contributed by atoms with Gasteiger partial charge in [0.25, 0.3) is 5.91 Å². The smallest absolute Gasteiger partial charge is 0.333 e. The molecule has 0 saturated carbocycles. The molecule has 1 fully saturated rings. The van der Waals surface area contributed by atoms with Crippen molar-refractivity contribution in [2.75, 3.05) is 54.9 Å². The van der Waals surface area contributed by atoms with E-state index in [0.29, 0.717) is 38.9 Å². The Morgan fingerprint density at radius 1 is 1.12 bits per heavy atom. The quantitative estimate of drug-likeness (QED) is 0.193. The number of nitrogens with one attached hydrogen (secondary N) is 2. The number of aliphatic hydroxyl groups is 2. The van der Waals surface area contributed by atoms with Gasteiger partial charge in [-0.15, -0.1) is 0 Å². The molecule has 0 bridgehead atoms. The molecule has 3 aromatic rings. The first-order valence-electron chi connectivity index (χ1n) is 12.8. The van der Waals surface area contributed by atoms with Gasteiger partial charge in [0, 0.05) is 38.8 Å². The summed E-state index contributed by atoms with van der Waals surface area (Å²) >= 11 is 7.46. The Labute approximate surface area is 250 Å². The Bertz CT molecular complexity index is 1380. The number of halogens is 1. The molecule has 0 aliphatic carbocycles. The number of nitrogens with zero attached hydrogens (tertiary/aromatic N) is 5. The third kappa shape index (κ3) is 9.60. The highest BCUT2D eigenvalue weighted by Crippen LogP contribution is 2.28. The number of benzene rings is 1. The number of carbonyl (C=O) groups excluding carboxylic acids is 1. The number of carboxylic acid groups (broad SMARTS) is 2. The summed E-state index contributed by atoms with van der Waals surface area (Å²) in [5, 5.41) is 40.4. The van der Waals surface area contributed by atoms with Crippen molar-refractivity contribution < 1.29 is 34.8 Å². The van der Waals surface area contributed by atoms with E-state index in [1.807, 2.05) is 32.0 Å². The SMILES string of the molecule is Cc1nc(Nc2ncc(C(=O)Nc3c(C)cccc3Cl)s2)cc(N2CCN(CCO)CC2)n1.O=C(O)CC(O)C(=O)O. The van der Waals surface area contributed by atoms with Crippen LogP contribution in [-0.2, 0) is 9.59 Å². The summed E-state index contributed by atoms with van der Waals surface area (Å²) in [6, 6.07) is 7.37. The average Bonchev–Trinajstić information content (AvgIpc) is 3.39. The first-order chi connectivity index (χ1) is 20.0. The zero-order valence-electron chi connectivity index (χ0n) is 22.9. The predicted octanol–water partition coefficient (Wildman–Crippen LogP) is 2.22. The van der Waals surface area contributed by atoms with E-state index < -0.39 is 24.5 Å². The molecule has 2 aromatic heterocycles. The van der Waals surface area contributed by atoms with Gasteiger partial charge in [0.1, 0.15) is 22.3 Å². The minimum absolute atomic E-state index is 0.173. The molecule has 6 N–H and O–H groups in total. The molecule has 3 heterocycles. The normalized spacial score (nSPS) is 14.0. The molecular weight excluding hydrogens is 590 g/mol. The number of piperazine rings is 1. The van der Waals surface area contributed by atoms with Crippen LogP contribution in [0.2, 0.25) is 5.02 Å². The Hall–Kier alpha value is -3.89.